The van der Waals surface area contributed by atoms with Crippen LogP contribution in [0.5, 0.6) is 17.4 Å². The molecule has 29 heavy (non-hydrogen) atoms. The Morgan fingerprint density at radius 1 is 1.10 bits per heavy atom. The molecule has 1 saturated carbocycles. The molecule has 2 aromatic rings. The van der Waals surface area contributed by atoms with Crippen LogP contribution in [0.15, 0.2) is 41.5 Å². The van der Waals surface area contributed by atoms with Gasteiger partial charge < -0.3 is 24.8 Å². The number of pyridine rings is 1. The minimum atomic E-state index is 0.302. The predicted molar refractivity (Wildman–Crippen MR) is 112 cm³/mol. The van der Waals surface area contributed by atoms with Crippen molar-refractivity contribution in [3.63, 3.8) is 0 Å². The van der Waals surface area contributed by atoms with E-state index in [1.807, 2.05) is 24.3 Å². The summed E-state index contributed by atoms with van der Waals surface area (Å²) >= 11 is 0. The molecule has 0 unspecified atom stereocenters. The molecule has 2 aliphatic rings. The summed E-state index contributed by atoms with van der Waals surface area (Å²) in [5.74, 6) is 3.11. The van der Waals surface area contributed by atoms with Gasteiger partial charge in [-0.05, 0) is 61.4 Å². The molecular weight excluding hydrogens is 368 g/mol. The SMILES string of the molecule is CN=C(NCCc1ccc2c(c1)OCO2)NCc1ccnc(OC2CCCC2)c1. The van der Waals surface area contributed by atoms with Gasteiger partial charge in [-0.1, -0.05) is 6.07 Å². The van der Waals surface area contributed by atoms with Gasteiger partial charge in [-0.3, -0.25) is 4.99 Å². The molecule has 2 heterocycles. The lowest BCUT2D eigenvalue weighted by Gasteiger charge is -2.14. The first-order valence-corrected chi connectivity index (χ1v) is 10.2. The van der Waals surface area contributed by atoms with Crippen LogP contribution in [0.2, 0.25) is 0 Å². The summed E-state index contributed by atoms with van der Waals surface area (Å²) in [6.07, 6.45) is 7.74. The molecule has 2 N–H and O–H groups in total. The zero-order valence-corrected chi connectivity index (χ0v) is 16.8. The van der Waals surface area contributed by atoms with Crippen LogP contribution < -0.4 is 24.8 Å². The fourth-order valence-corrected chi connectivity index (χ4v) is 3.63. The first-order valence-electron chi connectivity index (χ1n) is 10.2. The van der Waals surface area contributed by atoms with E-state index in [1.165, 1.54) is 18.4 Å². The molecule has 0 amide bonds. The third kappa shape index (κ3) is 5.31. The van der Waals surface area contributed by atoms with Crippen molar-refractivity contribution in [2.24, 2.45) is 4.99 Å². The Morgan fingerprint density at radius 2 is 1.97 bits per heavy atom. The fourth-order valence-electron chi connectivity index (χ4n) is 3.63. The second-order valence-electron chi connectivity index (χ2n) is 7.32. The maximum absolute atomic E-state index is 5.99. The smallest absolute Gasteiger partial charge is 0.231 e. The molecule has 0 radical (unpaired) electrons. The van der Waals surface area contributed by atoms with Gasteiger partial charge in [0, 0.05) is 32.4 Å². The molecule has 7 heteroatoms. The second-order valence-corrected chi connectivity index (χ2v) is 7.32. The minimum absolute atomic E-state index is 0.302. The van der Waals surface area contributed by atoms with Gasteiger partial charge in [-0.2, -0.15) is 0 Å². The Bertz CT molecular complexity index is 850. The van der Waals surface area contributed by atoms with Crippen molar-refractivity contribution in [1.82, 2.24) is 15.6 Å². The van der Waals surface area contributed by atoms with Crippen LogP contribution in [-0.4, -0.2) is 37.4 Å². The van der Waals surface area contributed by atoms with Gasteiger partial charge in [0.05, 0.1) is 0 Å². The predicted octanol–water partition coefficient (Wildman–Crippen LogP) is 3.04. The highest BCUT2D eigenvalue weighted by molar-refractivity contribution is 5.79. The second kappa shape index (κ2) is 9.49. The number of hydrogen-bond donors (Lipinski definition) is 2. The van der Waals surface area contributed by atoms with Crippen LogP contribution in [0.3, 0.4) is 0 Å². The van der Waals surface area contributed by atoms with E-state index in [-0.39, 0.29) is 0 Å². The van der Waals surface area contributed by atoms with Crippen molar-refractivity contribution in [3.05, 3.63) is 47.7 Å². The van der Waals surface area contributed by atoms with Crippen LogP contribution in [0, 0.1) is 0 Å². The summed E-state index contributed by atoms with van der Waals surface area (Å²) in [7, 11) is 1.77. The summed E-state index contributed by atoms with van der Waals surface area (Å²) in [5.41, 5.74) is 2.31. The van der Waals surface area contributed by atoms with Crippen LogP contribution >= 0.6 is 0 Å². The molecule has 7 nitrogen and oxygen atoms in total. The number of nitrogens with one attached hydrogen (secondary N) is 2. The van der Waals surface area contributed by atoms with Gasteiger partial charge in [-0.15, -0.1) is 0 Å². The number of guanidine groups is 1. The largest absolute Gasteiger partial charge is 0.474 e. The molecule has 154 valence electrons. The zero-order chi connectivity index (χ0) is 19.9. The zero-order valence-electron chi connectivity index (χ0n) is 16.8. The van der Waals surface area contributed by atoms with Gasteiger partial charge >= 0.3 is 0 Å². The number of ether oxygens (including phenoxy) is 3. The number of rotatable bonds is 7. The molecule has 0 spiro atoms. The lowest BCUT2D eigenvalue weighted by Crippen LogP contribution is -2.37. The normalized spacial score (nSPS) is 16.1. The van der Waals surface area contributed by atoms with Crippen molar-refractivity contribution in [1.29, 1.82) is 0 Å². The van der Waals surface area contributed by atoms with Crippen molar-refractivity contribution >= 4 is 5.96 Å². The fraction of sp³-hybridized carbons (Fsp3) is 0.455. The minimum Gasteiger partial charge on any atom is -0.474 e. The number of aliphatic imine (C=N–C) groups is 1. The van der Waals surface area contributed by atoms with Crippen molar-refractivity contribution < 1.29 is 14.2 Å². The molecule has 0 bridgehead atoms. The van der Waals surface area contributed by atoms with Gasteiger partial charge in [0.2, 0.25) is 12.7 Å². The molecule has 0 saturated heterocycles. The lowest BCUT2D eigenvalue weighted by atomic mass is 10.1. The van der Waals surface area contributed by atoms with E-state index in [1.54, 1.807) is 13.2 Å². The monoisotopic (exact) mass is 396 g/mol. The summed E-state index contributed by atoms with van der Waals surface area (Å²) < 4.78 is 16.8. The first-order chi connectivity index (χ1) is 14.3. The number of hydrogen-bond acceptors (Lipinski definition) is 5. The van der Waals surface area contributed by atoms with E-state index in [4.69, 9.17) is 14.2 Å². The van der Waals surface area contributed by atoms with Gasteiger partial charge in [0.1, 0.15) is 6.10 Å². The van der Waals surface area contributed by atoms with Gasteiger partial charge in [0.25, 0.3) is 0 Å². The van der Waals surface area contributed by atoms with E-state index in [2.05, 4.69) is 26.7 Å². The number of aromatic nitrogens is 1. The van der Waals surface area contributed by atoms with E-state index < -0.39 is 0 Å². The lowest BCUT2D eigenvalue weighted by molar-refractivity contribution is 0.174. The Hall–Kier alpha value is -2.96. The highest BCUT2D eigenvalue weighted by Gasteiger charge is 2.17. The molecule has 4 rings (SSSR count). The van der Waals surface area contributed by atoms with Crippen molar-refractivity contribution in [2.75, 3.05) is 20.4 Å². The topological polar surface area (TPSA) is 77.0 Å². The van der Waals surface area contributed by atoms with E-state index >= 15 is 0 Å². The molecule has 1 fully saturated rings. The maximum Gasteiger partial charge on any atom is 0.231 e. The summed E-state index contributed by atoms with van der Waals surface area (Å²) in [4.78, 5) is 8.64. The number of benzene rings is 1. The summed E-state index contributed by atoms with van der Waals surface area (Å²) in [6.45, 7) is 1.73. The van der Waals surface area contributed by atoms with Crippen LogP contribution in [0.25, 0.3) is 0 Å². The van der Waals surface area contributed by atoms with Gasteiger partial charge in [-0.25, -0.2) is 4.98 Å². The molecule has 1 aliphatic heterocycles. The average molecular weight is 396 g/mol. The van der Waals surface area contributed by atoms with Crippen LogP contribution in [0.1, 0.15) is 36.8 Å². The standard InChI is InChI=1S/C22H28N4O3/c1-23-22(25-11-8-16-6-7-19-20(12-16)28-15-27-19)26-14-17-9-10-24-21(13-17)29-18-4-2-3-5-18/h6-7,9-10,12-13,18H,2-5,8,11,14-15H2,1H3,(H2,23,25,26). The molecule has 0 atom stereocenters. The molecule has 1 aromatic heterocycles. The highest BCUT2D eigenvalue weighted by Crippen LogP contribution is 2.32. The van der Waals surface area contributed by atoms with Crippen LogP contribution in [-0.2, 0) is 13.0 Å². The molecule has 1 aliphatic carbocycles. The van der Waals surface area contributed by atoms with E-state index in [9.17, 15) is 0 Å². The molecule has 1 aromatic carbocycles. The third-order valence-electron chi connectivity index (χ3n) is 5.22. The Balaban J connectivity index is 1.23. The van der Waals surface area contributed by atoms with E-state index in [0.29, 0.717) is 25.3 Å². The van der Waals surface area contributed by atoms with Gasteiger partial charge in [0.15, 0.2) is 17.5 Å². The molecular formula is C22H28N4O3. The Labute approximate surface area is 171 Å². The number of fused-ring (bicyclic) bond motifs is 1. The van der Waals surface area contributed by atoms with Crippen molar-refractivity contribution in [2.45, 2.75) is 44.8 Å². The Morgan fingerprint density at radius 3 is 2.83 bits per heavy atom. The number of nitrogens with zero attached hydrogens (tertiary/aromatic N) is 2. The van der Waals surface area contributed by atoms with E-state index in [0.717, 1.165) is 48.8 Å². The maximum atomic E-state index is 5.99. The first kappa shape index (κ1) is 19.4. The summed E-state index contributed by atoms with van der Waals surface area (Å²) in [6, 6.07) is 10.1. The quantitative estimate of drug-likeness (QED) is 0.553. The summed E-state index contributed by atoms with van der Waals surface area (Å²) in [5, 5.41) is 6.69. The third-order valence-corrected chi connectivity index (χ3v) is 5.22. The highest BCUT2D eigenvalue weighted by atomic mass is 16.7. The average Bonchev–Trinajstić information content (AvgIpc) is 3.42. The van der Waals surface area contributed by atoms with Crippen LogP contribution in [0.4, 0.5) is 0 Å². The Kier molecular flexibility index (Phi) is 6.34. The van der Waals surface area contributed by atoms with Crippen molar-refractivity contribution in [3.8, 4) is 17.4 Å².